The molecular weight excluding hydrogens is 372 g/mol. The van der Waals surface area contributed by atoms with Crippen LogP contribution in [0.1, 0.15) is 18.9 Å². The normalized spacial score (nSPS) is 16.3. The zero-order chi connectivity index (χ0) is 19.8. The van der Waals surface area contributed by atoms with Crippen LogP contribution in [0, 0.1) is 0 Å². The monoisotopic (exact) mass is 398 g/mol. The van der Waals surface area contributed by atoms with E-state index in [4.69, 9.17) is 16.3 Å². The molecule has 0 bridgehead atoms. The summed E-state index contributed by atoms with van der Waals surface area (Å²) in [5, 5.41) is 0.531. The number of para-hydroxylation sites is 1. The van der Waals surface area contributed by atoms with Crippen molar-refractivity contribution >= 4 is 23.6 Å². The summed E-state index contributed by atoms with van der Waals surface area (Å²) in [6.07, 6.45) is 4.44. The van der Waals surface area contributed by atoms with Crippen LogP contribution in [0.25, 0.3) is 6.08 Å². The van der Waals surface area contributed by atoms with Gasteiger partial charge in [-0.3, -0.25) is 9.69 Å². The van der Waals surface area contributed by atoms with Gasteiger partial charge < -0.3 is 9.64 Å². The molecule has 1 atom stereocenters. The first kappa shape index (κ1) is 20.4. The number of ether oxygens (including phenoxy) is 1. The number of piperazine rings is 1. The Morgan fingerprint density at radius 1 is 1.07 bits per heavy atom. The van der Waals surface area contributed by atoms with Crippen LogP contribution >= 0.6 is 11.6 Å². The minimum atomic E-state index is -0.496. The SMILES string of the molecule is CCC(Oc1ccccc1Cl)C(=O)N1CCN(C/C=C/c2ccccc2)CC1. The molecule has 1 amide bonds. The predicted molar refractivity (Wildman–Crippen MR) is 115 cm³/mol. The van der Waals surface area contributed by atoms with Crippen LogP contribution in [0.3, 0.4) is 0 Å². The van der Waals surface area contributed by atoms with Gasteiger partial charge in [0.05, 0.1) is 5.02 Å². The first-order valence-electron chi connectivity index (χ1n) is 9.81. The number of carbonyl (C=O) groups excluding carboxylic acids is 1. The predicted octanol–water partition coefficient (Wildman–Crippen LogP) is 4.36. The number of rotatable bonds is 7. The number of amides is 1. The zero-order valence-corrected chi connectivity index (χ0v) is 17.0. The highest BCUT2D eigenvalue weighted by Crippen LogP contribution is 2.25. The Bertz CT molecular complexity index is 786. The molecule has 0 radical (unpaired) electrons. The van der Waals surface area contributed by atoms with Gasteiger partial charge in [-0.1, -0.05) is 73.1 Å². The van der Waals surface area contributed by atoms with Crippen LogP contribution in [-0.4, -0.2) is 54.5 Å². The van der Waals surface area contributed by atoms with Gasteiger partial charge in [-0.2, -0.15) is 0 Å². The highest BCUT2D eigenvalue weighted by atomic mass is 35.5. The minimum Gasteiger partial charge on any atom is -0.479 e. The summed E-state index contributed by atoms with van der Waals surface area (Å²) in [5.74, 6) is 0.607. The van der Waals surface area contributed by atoms with Gasteiger partial charge in [0.15, 0.2) is 6.10 Å². The van der Waals surface area contributed by atoms with Crippen LogP contribution in [0.15, 0.2) is 60.7 Å². The van der Waals surface area contributed by atoms with Crippen molar-refractivity contribution in [2.45, 2.75) is 19.4 Å². The van der Waals surface area contributed by atoms with Crippen molar-refractivity contribution in [3.63, 3.8) is 0 Å². The lowest BCUT2D eigenvalue weighted by molar-refractivity contribution is -0.140. The van der Waals surface area contributed by atoms with E-state index in [1.54, 1.807) is 12.1 Å². The molecule has 1 unspecified atom stereocenters. The fourth-order valence-corrected chi connectivity index (χ4v) is 3.44. The summed E-state index contributed by atoms with van der Waals surface area (Å²) in [4.78, 5) is 17.1. The highest BCUT2D eigenvalue weighted by Gasteiger charge is 2.27. The first-order chi connectivity index (χ1) is 13.7. The van der Waals surface area contributed by atoms with Gasteiger partial charge in [0.25, 0.3) is 5.91 Å². The standard InChI is InChI=1S/C23H27ClN2O2/c1-2-21(28-22-13-7-6-12-20(22)24)23(27)26-17-15-25(16-18-26)14-8-11-19-9-4-3-5-10-19/h3-13,21H,2,14-18H2,1H3/b11-8+. The maximum absolute atomic E-state index is 12.9. The summed E-state index contributed by atoms with van der Waals surface area (Å²) in [6, 6.07) is 17.6. The van der Waals surface area contributed by atoms with Crippen molar-refractivity contribution in [3.8, 4) is 5.75 Å². The second kappa shape index (κ2) is 10.3. The minimum absolute atomic E-state index is 0.0434. The topological polar surface area (TPSA) is 32.8 Å². The smallest absolute Gasteiger partial charge is 0.263 e. The van der Waals surface area contributed by atoms with Gasteiger partial charge in [0.2, 0.25) is 0 Å². The van der Waals surface area contributed by atoms with Gasteiger partial charge in [-0.25, -0.2) is 0 Å². The van der Waals surface area contributed by atoms with E-state index in [1.807, 2.05) is 42.2 Å². The van der Waals surface area contributed by atoms with E-state index >= 15 is 0 Å². The van der Waals surface area contributed by atoms with E-state index in [1.165, 1.54) is 5.56 Å². The molecule has 3 rings (SSSR count). The maximum atomic E-state index is 12.9. The van der Waals surface area contributed by atoms with E-state index in [0.29, 0.717) is 17.2 Å². The quantitative estimate of drug-likeness (QED) is 0.694. The molecule has 1 heterocycles. The lowest BCUT2D eigenvalue weighted by atomic mass is 10.2. The molecule has 5 heteroatoms. The molecule has 2 aromatic carbocycles. The number of hydrogen-bond acceptors (Lipinski definition) is 3. The van der Waals surface area contributed by atoms with Crippen molar-refractivity contribution in [2.24, 2.45) is 0 Å². The van der Waals surface area contributed by atoms with Crippen molar-refractivity contribution < 1.29 is 9.53 Å². The molecule has 0 N–H and O–H groups in total. The average molecular weight is 399 g/mol. The Labute approximate surface area is 172 Å². The summed E-state index contributed by atoms with van der Waals surface area (Å²) in [6.45, 7) is 6.04. The van der Waals surface area contributed by atoms with Crippen LogP contribution in [-0.2, 0) is 4.79 Å². The molecule has 28 heavy (non-hydrogen) atoms. The molecule has 1 aliphatic heterocycles. The third-order valence-corrected chi connectivity index (χ3v) is 5.22. The number of carbonyl (C=O) groups is 1. The fraction of sp³-hybridized carbons (Fsp3) is 0.348. The molecule has 2 aromatic rings. The van der Waals surface area contributed by atoms with Crippen LogP contribution in [0.2, 0.25) is 5.02 Å². The average Bonchev–Trinajstić information content (AvgIpc) is 2.74. The van der Waals surface area contributed by atoms with E-state index in [-0.39, 0.29) is 5.91 Å². The zero-order valence-electron chi connectivity index (χ0n) is 16.3. The highest BCUT2D eigenvalue weighted by molar-refractivity contribution is 6.32. The second-order valence-electron chi connectivity index (χ2n) is 6.88. The lowest BCUT2D eigenvalue weighted by Crippen LogP contribution is -2.52. The number of hydrogen-bond donors (Lipinski definition) is 0. The van der Waals surface area contributed by atoms with Crippen LogP contribution in [0.5, 0.6) is 5.75 Å². The number of halogens is 1. The second-order valence-corrected chi connectivity index (χ2v) is 7.29. The van der Waals surface area contributed by atoms with E-state index in [0.717, 1.165) is 32.7 Å². The fourth-order valence-electron chi connectivity index (χ4n) is 3.26. The Morgan fingerprint density at radius 3 is 2.43 bits per heavy atom. The number of benzene rings is 2. The maximum Gasteiger partial charge on any atom is 0.263 e. The van der Waals surface area contributed by atoms with Gasteiger partial charge in [-0.15, -0.1) is 0 Å². The molecule has 1 fully saturated rings. The molecule has 1 aliphatic rings. The van der Waals surface area contributed by atoms with Crippen molar-refractivity contribution in [1.82, 2.24) is 9.80 Å². The lowest BCUT2D eigenvalue weighted by Gasteiger charge is -2.35. The number of nitrogens with zero attached hydrogens (tertiary/aromatic N) is 2. The Hall–Kier alpha value is -2.30. The molecular formula is C23H27ClN2O2. The van der Waals surface area contributed by atoms with Crippen LogP contribution in [0.4, 0.5) is 0 Å². The molecule has 0 aromatic heterocycles. The molecule has 4 nitrogen and oxygen atoms in total. The van der Waals surface area contributed by atoms with Crippen molar-refractivity contribution in [2.75, 3.05) is 32.7 Å². The molecule has 0 aliphatic carbocycles. The van der Waals surface area contributed by atoms with Gasteiger partial charge in [-0.05, 0) is 24.1 Å². The molecule has 148 valence electrons. The third-order valence-electron chi connectivity index (χ3n) is 4.91. The van der Waals surface area contributed by atoms with Gasteiger partial charge in [0.1, 0.15) is 5.75 Å². The third kappa shape index (κ3) is 5.60. The molecule has 0 saturated carbocycles. The van der Waals surface area contributed by atoms with E-state index in [2.05, 4.69) is 29.2 Å². The summed E-state index contributed by atoms with van der Waals surface area (Å²) >= 11 is 6.16. The Morgan fingerprint density at radius 2 is 1.75 bits per heavy atom. The summed E-state index contributed by atoms with van der Waals surface area (Å²) < 4.78 is 5.90. The molecule has 1 saturated heterocycles. The van der Waals surface area contributed by atoms with Gasteiger partial charge >= 0.3 is 0 Å². The summed E-state index contributed by atoms with van der Waals surface area (Å²) in [7, 11) is 0. The first-order valence-corrected chi connectivity index (χ1v) is 10.2. The largest absolute Gasteiger partial charge is 0.479 e. The molecule has 0 spiro atoms. The van der Waals surface area contributed by atoms with E-state index < -0.39 is 6.10 Å². The van der Waals surface area contributed by atoms with E-state index in [9.17, 15) is 4.79 Å². The summed E-state index contributed by atoms with van der Waals surface area (Å²) in [5.41, 5.74) is 1.21. The van der Waals surface area contributed by atoms with Crippen molar-refractivity contribution in [1.29, 1.82) is 0 Å². The van der Waals surface area contributed by atoms with Gasteiger partial charge in [0, 0.05) is 32.7 Å². The van der Waals surface area contributed by atoms with Crippen LogP contribution < -0.4 is 4.74 Å². The van der Waals surface area contributed by atoms with Crippen molar-refractivity contribution in [3.05, 3.63) is 71.3 Å². The Balaban J connectivity index is 1.48. The Kier molecular flexibility index (Phi) is 7.52.